The summed E-state index contributed by atoms with van der Waals surface area (Å²) in [5, 5.41) is 55.7. The molecule has 10 nitrogen and oxygen atoms in total. The molecule has 0 radical (unpaired) electrons. The van der Waals surface area contributed by atoms with Crippen LogP contribution in [0.3, 0.4) is 0 Å². The summed E-state index contributed by atoms with van der Waals surface area (Å²) in [6, 6.07) is 0. The number of hydrogen-bond donors (Lipinski definition) is 8. The number of aliphatic hydroxyl groups is 6. The third-order valence-corrected chi connectivity index (χ3v) is 2.99. The Labute approximate surface area is 131 Å². The van der Waals surface area contributed by atoms with Gasteiger partial charge in [-0.3, -0.25) is 0 Å². The summed E-state index contributed by atoms with van der Waals surface area (Å²) in [5.74, 6) is -3.31. The molecule has 0 aromatic heterocycles. The second kappa shape index (κ2) is 6.27. The molecule has 0 aromatic carbocycles. The van der Waals surface area contributed by atoms with E-state index in [1.54, 1.807) is 0 Å². The van der Waals surface area contributed by atoms with Crippen molar-refractivity contribution in [2.45, 2.75) is 36.3 Å². The van der Waals surface area contributed by atoms with Gasteiger partial charge in [0.15, 0.2) is 0 Å². The standard InChI is InChI=1S/C6H13O10P.Ca.2H/c7-1-2(8)4(10)6(12,5(11)3(1)9)16-17(13,14)15;;;/h1-5,7-12H,(H2,13,14,15);;;/t1-,2-,3+,4-,5-,6-;;;/m1.../s1. The molecule has 0 spiro atoms. The van der Waals surface area contributed by atoms with Gasteiger partial charge in [0.1, 0.15) is 30.5 Å². The van der Waals surface area contributed by atoms with E-state index in [0.717, 1.165) is 0 Å². The van der Waals surface area contributed by atoms with Crippen LogP contribution >= 0.6 is 7.82 Å². The van der Waals surface area contributed by atoms with Crippen LogP contribution in [-0.2, 0) is 9.09 Å². The van der Waals surface area contributed by atoms with E-state index in [2.05, 4.69) is 4.52 Å². The fourth-order valence-corrected chi connectivity index (χ4v) is 2.14. The Morgan fingerprint density at radius 3 is 1.50 bits per heavy atom. The van der Waals surface area contributed by atoms with Gasteiger partial charge < -0.3 is 40.4 Å². The van der Waals surface area contributed by atoms with E-state index < -0.39 is 44.1 Å². The van der Waals surface area contributed by atoms with Gasteiger partial charge in [0.25, 0.3) is 0 Å². The van der Waals surface area contributed by atoms with Crippen molar-refractivity contribution in [1.29, 1.82) is 0 Å². The molecule has 0 saturated heterocycles. The molecule has 0 unspecified atom stereocenters. The molecule has 8 N–H and O–H groups in total. The van der Waals surface area contributed by atoms with Crippen molar-refractivity contribution in [2.24, 2.45) is 0 Å². The molecule has 1 aliphatic carbocycles. The molecule has 0 bridgehead atoms. The molecule has 0 aromatic rings. The molecule has 1 aliphatic rings. The zero-order valence-electron chi connectivity index (χ0n) is 8.23. The zero-order chi connectivity index (χ0) is 13.6. The molecule has 0 heterocycles. The van der Waals surface area contributed by atoms with Crippen LogP contribution in [0.25, 0.3) is 0 Å². The molecule has 106 valence electrons. The van der Waals surface area contributed by atoms with Gasteiger partial charge in [-0.05, 0) is 0 Å². The first-order valence-electron chi connectivity index (χ1n) is 4.39. The van der Waals surface area contributed by atoms with Gasteiger partial charge in [0, 0.05) is 0 Å². The second-order valence-electron chi connectivity index (χ2n) is 3.70. The second-order valence-corrected chi connectivity index (χ2v) is 4.86. The molecule has 12 heteroatoms. The molecule has 18 heavy (non-hydrogen) atoms. The summed E-state index contributed by atoms with van der Waals surface area (Å²) in [7, 11) is -5.32. The van der Waals surface area contributed by atoms with E-state index in [1.807, 2.05) is 0 Å². The van der Waals surface area contributed by atoms with Gasteiger partial charge in [-0.2, -0.15) is 0 Å². The fraction of sp³-hybridized carbons (Fsp3) is 1.00. The topological polar surface area (TPSA) is 188 Å². The van der Waals surface area contributed by atoms with Crippen LogP contribution in [0.4, 0.5) is 0 Å². The van der Waals surface area contributed by atoms with Gasteiger partial charge in [0.05, 0.1) is 0 Å². The fourth-order valence-electron chi connectivity index (χ4n) is 1.54. The molecule has 1 fully saturated rings. The minimum atomic E-state index is -5.32. The van der Waals surface area contributed by atoms with Gasteiger partial charge in [-0.25, -0.2) is 9.09 Å². The van der Waals surface area contributed by atoms with E-state index in [-0.39, 0.29) is 37.7 Å². The minimum absolute atomic E-state index is 0. The quantitative estimate of drug-likeness (QED) is 0.139. The third kappa shape index (κ3) is 3.61. The number of aliphatic hydroxyl groups excluding tert-OH is 5. The van der Waals surface area contributed by atoms with E-state index >= 15 is 0 Å². The summed E-state index contributed by atoms with van der Waals surface area (Å²) in [4.78, 5) is 17.0. The monoisotopic (exact) mass is 318 g/mol. The number of rotatable bonds is 2. The van der Waals surface area contributed by atoms with Gasteiger partial charge in [-0.1, -0.05) is 0 Å². The average Bonchev–Trinajstić information content (AvgIpc) is 2.19. The molecular formula is C6H15CaO10P. The van der Waals surface area contributed by atoms with E-state index in [0.29, 0.717) is 0 Å². The summed E-state index contributed by atoms with van der Waals surface area (Å²) in [6.07, 6.45) is -11.2. The Balaban J connectivity index is 0.00000289. The van der Waals surface area contributed by atoms with Crippen LogP contribution < -0.4 is 0 Å². The third-order valence-electron chi connectivity index (χ3n) is 2.46. The van der Waals surface area contributed by atoms with Crippen LogP contribution in [0.1, 0.15) is 0 Å². The Morgan fingerprint density at radius 1 is 0.889 bits per heavy atom. The molecule has 0 amide bonds. The Bertz CT molecular complexity index is 316. The van der Waals surface area contributed by atoms with Crippen LogP contribution in [0.5, 0.6) is 0 Å². The molecule has 1 saturated carbocycles. The van der Waals surface area contributed by atoms with Crippen LogP contribution in [-0.4, -0.2) is 114 Å². The predicted molar refractivity (Wildman–Crippen MR) is 56.7 cm³/mol. The first-order valence-corrected chi connectivity index (χ1v) is 5.92. The van der Waals surface area contributed by atoms with Crippen molar-refractivity contribution in [3.8, 4) is 0 Å². The van der Waals surface area contributed by atoms with E-state index in [9.17, 15) is 30.1 Å². The van der Waals surface area contributed by atoms with Crippen molar-refractivity contribution < 1.29 is 49.5 Å². The summed E-state index contributed by atoms with van der Waals surface area (Å²) < 4.78 is 14.3. The summed E-state index contributed by atoms with van der Waals surface area (Å²) in [6.45, 7) is 0. The normalized spacial score (nSPS) is 45.4. The average molecular weight is 318 g/mol. The molecular weight excluding hydrogens is 303 g/mol. The van der Waals surface area contributed by atoms with Gasteiger partial charge in [0.2, 0.25) is 5.79 Å². The summed E-state index contributed by atoms with van der Waals surface area (Å²) in [5.41, 5.74) is 0. The zero-order valence-corrected chi connectivity index (χ0v) is 9.12. The Morgan fingerprint density at radius 2 is 1.22 bits per heavy atom. The number of phosphoric ester groups is 1. The molecule has 0 aliphatic heterocycles. The maximum atomic E-state index is 10.6. The summed E-state index contributed by atoms with van der Waals surface area (Å²) >= 11 is 0. The molecule has 6 atom stereocenters. The van der Waals surface area contributed by atoms with Gasteiger partial charge >= 0.3 is 45.6 Å². The van der Waals surface area contributed by atoms with Crippen molar-refractivity contribution in [1.82, 2.24) is 0 Å². The molecule has 1 rings (SSSR count). The first-order chi connectivity index (χ1) is 7.50. The Kier molecular flexibility index (Phi) is 6.66. The number of hydrogen-bond acceptors (Lipinski definition) is 8. The van der Waals surface area contributed by atoms with Gasteiger partial charge in [-0.15, -0.1) is 0 Å². The number of phosphoric acid groups is 1. The Hall–Kier alpha value is 1.13. The van der Waals surface area contributed by atoms with Crippen molar-refractivity contribution >= 4 is 45.6 Å². The van der Waals surface area contributed by atoms with Crippen molar-refractivity contribution in [3.05, 3.63) is 0 Å². The van der Waals surface area contributed by atoms with Crippen LogP contribution in [0, 0.1) is 0 Å². The van der Waals surface area contributed by atoms with E-state index in [1.165, 1.54) is 0 Å². The van der Waals surface area contributed by atoms with Crippen molar-refractivity contribution in [2.75, 3.05) is 0 Å². The SMILES string of the molecule is O=P(O)(O)O[C@]1(O)[C@H](O)[C@H](O)[C@@H](O)[C@H](O)[C@H]1O.[CaH2]. The maximum absolute atomic E-state index is 10.6. The predicted octanol–water partition coefficient (Wildman–Crippen LogP) is -5.31. The van der Waals surface area contributed by atoms with Crippen LogP contribution in [0.15, 0.2) is 0 Å². The van der Waals surface area contributed by atoms with Crippen LogP contribution in [0.2, 0.25) is 0 Å². The van der Waals surface area contributed by atoms with E-state index in [4.69, 9.17) is 14.9 Å². The first kappa shape index (κ1) is 19.1. The van der Waals surface area contributed by atoms with Crippen molar-refractivity contribution in [3.63, 3.8) is 0 Å².